The molecule has 2 aromatic rings. The molecule has 8 heteroatoms. The van der Waals surface area contributed by atoms with Gasteiger partial charge in [-0.3, -0.25) is 9.69 Å². The number of hydrogen-bond acceptors (Lipinski definition) is 6. The zero-order chi connectivity index (χ0) is 21.7. The van der Waals surface area contributed by atoms with Gasteiger partial charge in [0, 0.05) is 26.6 Å². The highest BCUT2D eigenvalue weighted by Gasteiger charge is 2.32. The molecule has 2 rings (SSSR count). The Morgan fingerprint density at radius 1 is 1.28 bits per heavy atom. The Kier molecular flexibility index (Phi) is 8.15. The molecular formula is C21H35N5O3. The molecule has 0 aliphatic heterocycles. The van der Waals surface area contributed by atoms with E-state index in [9.17, 15) is 15.0 Å². The van der Waals surface area contributed by atoms with Crippen LogP contribution < -0.4 is 5.32 Å². The number of carbonyl (C=O) groups excluding carboxylic acids is 1. The molecule has 0 saturated heterocycles. The van der Waals surface area contributed by atoms with Gasteiger partial charge in [0.1, 0.15) is 11.9 Å². The van der Waals surface area contributed by atoms with Crippen molar-refractivity contribution in [1.29, 1.82) is 0 Å². The lowest BCUT2D eigenvalue weighted by Crippen LogP contribution is -2.52. The van der Waals surface area contributed by atoms with Gasteiger partial charge in [-0.25, -0.2) is 4.98 Å². The number of benzene rings is 1. The Labute approximate surface area is 173 Å². The molecule has 1 amide bonds. The minimum absolute atomic E-state index is 0.0180. The Morgan fingerprint density at radius 2 is 1.97 bits per heavy atom. The number of rotatable bonds is 10. The molecule has 8 nitrogen and oxygen atoms in total. The summed E-state index contributed by atoms with van der Waals surface area (Å²) < 4.78 is 2.16. The summed E-state index contributed by atoms with van der Waals surface area (Å²) in [6.45, 7) is 3.52. The lowest BCUT2D eigenvalue weighted by atomic mass is 9.93. The van der Waals surface area contributed by atoms with Gasteiger partial charge in [-0.05, 0) is 51.8 Å². The zero-order valence-electron chi connectivity index (χ0n) is 18.4. The van der Waals surface area contributed by atoms with Crippen molar-refractivity contribution in [2.45, 2.75) is 38.6 Å². The summed E-state index contributed by atoms with van der Waals surface area (Å²) >= 11 is 0. The molecule has 0 aliphatic carbocycles. The lowest BCUT2D eigenvalue weighted by molar-refractivity contribution is -0.130. The first kappa shape index (κ1) is 23.3. The monoisotopic (exact) mass is 405 g/mol. The number of likely N-dealkylation sites (N-methyl/N-ethyl adjacent to an activating group) is 3. The number of aliphatic hydroxyl groups is 2. The molecule has 1 aromatic carbocycles. The average molecular weight is 406 g/mol. The quantitative estimate of drug-likeness (QED) is 0.527. The van der Waals surface area contributed by atoms with Crippen LogP contribution in [-0.4, -0.2) is 89.4 Å². The fourth-order valence-corrected chi connectivity index (χ4v) is 3.58. The number of nitrogens with one attached hydrogen (secondary N) is 1. The summed E-state index contributed by atoms with van der Waals surface area (Å²) in [4.78, 5) is 20.9. The number of imidazole rings is 1. The lowest BCUT2D eigenvalue weighted by Gasteiger charge is -2.31. The van der Waals surface area contributed by atoms with E-state index in [-0.39, 0.29) is 18.4 Å². The van der Waals surface area contributed by atoms with Crippen LogP contribution in [-0.2, 0) is 24.4 Å². The summed E-state index contributed by atoms with van der Waals surface area (Å²) in [5, 5.41) is 23.0. The van der Waals surface area contributed by atoms with Crippen LogP contribution >= 0.6 is 0 Å². The molecule has 0 saturated carbocycles. The van der Waals surface area contributed by atoms with Gasteiger partial charge in [-0.1, -0.05) is 13.0 Å². The van der Waals surface area contributed by atoms with Gasteiger partial charge in [0.15, 0.2) is 0 Å². The Balaban J connectivity index is 2.35. The molecule has 0 spiro atoms. The normalized spacial score (nSPS) is 15.1. The molecular weight excluding hydrogens is 370 g/mol. The Hall–Kier alpha value is -2.00. The number of aromatic nitrogens is 2. The van der Waals surface area contributed by atoms with Crippen molar-refractivity contribution in [2.24, 2.45) is 5.92 Å². The number of carbonyl (C=O) groups is 1. The van der Waals surface area contributed by atoms with Crippen LogP contribution in [0.3, 0.4) is 0 Å². The first-order valence-electron chi connectivity index (χ1n) is 9.99. The number of aliphatic hydroxyl groups excluding tert-OH is 2. The van der Waals surface area contributed by atoms with E-state index < -0.39 is 12.1 Å². The third kappa shape index (κ3) is 5.54. The van der Waals surface area contributed by atoms with Gasteiger partial charge in [0.05, 0.1) is 23.7 Å². The van der Waals surface area contributed by atoms with Crippen LogP contribution in [0.15, 0.2) is 18.2 Å². The second-order valence-electron chi connectivity index (χ2n) is 8.16. The van der Waals surface area contributed by atoms with Crippen molar-refractivity contribution in [2.75, 3.05) is 41.8 Å². The maximum atomic E-state index is 12.2. The van der Waals surface area contributed by atoms with E-state index >= 15 is 0 Å². The van der Waals surface area contributed by atoms with Crippen molar-refractivity contribution in [3.63, 3.8) is 0 Å². The number of fused-ring (bicyclic) bond motifs is 1. The standard InChI is InChI=1S/C21H35N5O3/c1-14(20(28)19(25(5)6)21(29)22-2)11-18-23-16-8-7-15(13-27)12-17(16)26(18)10-9-24(3)4/h7-8,12,14,19-20,27-28H,9-11,13H2,1-6H3,(H,22,29)/t14-,19-,20-/m1/s1. The van der Waals surface area contributed by atoms with Crippen LogP contribution in [0, 0.1) is 5.92 Å². The smallest absolute Gasteiger partial charge is 0.239 e. The number of amides is 1. The topological polar surface area (TPSA) is 93.9 Å². The third-order valence-corrected chi connectivity index (χ3v) is 5.33. The third-order valence-electron chi connectivity index (χ3n) is 5.33. The maximum absolute atomic E-state index is 12.2. The molecule has 0 fully saturated rings. The fraction of sp³-hybridized carbons (Fsp3) is 0.619. The van der Waals surface area contributed by atoms with E-state index in [1.54, 1.807) is 26.0 Å². The van der Waals surface area contributed by atoms with Gasteiger partial charge in [-0.15, -0.1) is 0 Å². The average Bonchev–Trinajstić information content (AvgIpc) is 3.01. The SMILES string of the molecule is CNC(=O)[C@@H]([C@H](O)[C@H](C)Cc1nc2ccc(CO)cc2n1CCN(C)C)N(C)C. The summed E-state index contributed by atoms with van der Waals surface area (Å²) in [7, 11) is 9.21. The predicted octanol–water partition coefficient (Wildman–Crippen LogP) is 0.306. The van der Waals surface area contributed by atoms with E-state index in [4.69, 9.17) is 4.98 Å². The molecule has 0 bridgehead atoms. The van der Waals surface area contributed by atoms with E-state index in [1.165, 1.54) is 0 Å². The maximum Gasteiger partial charge on any atom is 0.239 e. The van der Waals surface area contributed by atoms with Gasteiger partial charge in [0.2, 0.25) is 5.91 Å². The number of hydrogen-bond donors (Lipinski definition) is 3. The van der Waals surface area contributed by atoms with E-state index in [0.29, 0.717) is 6.42 Å². The van der Waals surface area contributed by atoms with Crippen molar-refractivity contribution >= 4 is 16.9 Å². The zero-order valence-corrected chi connectivity index (χ0v) is 18.4. The largest absolute Gasteiger partial charge is 0.392 e. The highest BCUT2D eigenvalue weighted by Crippen LogP contribution is 2.23. The molecule has 162 valence electrons. The first-order valence-corrected chi connectivity index (χ1v) is 9.99. The van der Waals surface area contributed by atoms with Crippen LogP contribution in [0.4, 0.5) is 0 Å². The van der Waals surface area contributed by atoms with Crippen molar-refractivity contribution < 1.29 is 15.0 Å². The summed E-state index contributed by atoms with van der Waals surface area (Å²) in [5.74, 6) is 0.493. The second kappa shape index (κ2) is 10.2. The van der Waals surface area contributed by atoms with Crippen LogP contribution in [0.1, 0.15) is 18.3 Å². The van der Waals surface area contributed by atoms with Crippen LogP contribution in [0.5, 0.6) is 0 Å². The van der Waals surface area contributed by atoms with E-state index in [2.05, 4.69) is 14.8 Å². The minimum atomic E-state index is -0.833. The molecule has 0 unspecified atom stereocenters. The van der Waals surface area contributed by atoms with Gasteiger partial charge in [0.25, 0.3) is 0 Å². The van der Waals surface area contributed by atoms with Crippen molar-refractivity contribution in [1.82, 2.24) is 24.7 Å². The highest BCUT2D eigenvalue weighted by molar-refractivity contribution is 5.82. The van der Waals surface area contributed by atoms with E-state index in [0.717, 1.165) is 35.5 Å². The molecule has 29 heavy (non-hydrogen) atoms. The minimum Gasteiger partial charge on any atom is -0.392 e. The fourth-order valence-electron chi connectivity index (χ4n) is 3.58. The highest BCUT2D eigenvalue weighted by atomic mass is 16.3. The molecule has 0 radical (unpaired) electrons. The second-order valence-corrected chi connectivity index (χ2v) is 8.16. The molecule has 3 N–H and O–H groups in total. The molecule has 1 heterocycles. The van der Waals surface area contributed by atoms with Crippen molar-refractivity contribution in [3.05, 3.63) is 29.6 Å². The predicted molar refractivity (Wildman–Crippen MR) is 115 cm³/mol. The Bertz CT molecular complexity index is 818. The first-order chi connectivity index (χ1) is 13.7. The van der Waals surface area contributed by atoms with Crippen LogP contribution in [0.2, 0.25) is 0 Å². The molecule has 0 aliphatic rings. The molecule has 1 aromatic heterocycles. The van der Waals surface area contributed by atoms with Gasteiger partial charge < -0.3 is 25.0 Å². The summed E-state index contributed by atoms with van der Waals surface area (Å²) in [6.07, 6.45) is -0.293. The van der Waals surface area contributed by atoms with E-state index in [1.807, 2.05) is 39.2 Å². The number of nitrogens with zero attached hydrogens (tertiary/aromatic N) is 4. The van der Waals surface area contributed by atoms with Crippen LogP contribution in [0.25, 0.3) is 11.0 Å². The van der Waals surface area contributed by atoms with Crippen molar-refractivity contribution in [3.8, 4) is 0 Å². The summed E-state index contributed by atoms with van der Waals surface area (Å²) in [6, 6.07) is 5.14. The molecule has 3 atom stereocenters. The van der Waals surface area contributed by atoms with Gasteiger partial charge in [-0.2, -0.15) is 0 Å². The summed E-state index contributed by atoms with van der Waals surface area (Å²) in [5.41, 5.74) is 2.69. The Morgan fingerprint density at radius 3 is 2.52 bits per heavy atom. The van der Waals surface area contributed by atoms with Gasteiger partial charge >= 0.3 is 0 Å².